The van der Waals surface area contributed by atoms with Crippen molar-refractivity contribution in [3.8, 4) is 0 Å². The maximum Gasteiger partial charge on any atom is 0.308 e. The highest BCUT2D eigenvalue weighted by atomic mass is 35.5. The summed E-state index contributed by atoms with van der Waals surface area (Å²) in [7, 11) is 0. The Morgan fingerprint density at radius 1 is 1.33 bits per heavy atom. The number of hydrogen-bond donors (Lipinski definition) is 1. The molecule has 7 heteroatoms. The second-order valence-corrected chi connectivity index (χ2v) is 7.07. The van der Waals surface area contributed by atoms with Crippen LogP contribution in [0.3, 0.4) is 0 Å². The predicted octanol–water partition coefficient (Wildman–Crippen LogP) is 4.97. The number of ether oxygens (including phenoxy) is 2. The molecule has 1 aliphatic heterocycles. The summed E-state index contributed by atoms with van der Waals surface area (Å²) in [6, 6.07) is 10.1. The molecule has 2 atom stereocenters. The molecule has 0 aromatic heterocycles. The van der Waals surface area contributed by atoms with E-state index in [1.807, 2.05) is 0 Å². The molecular weight excluding hydrogens is 389 g/mol. The van der Waals surface area contributed by atoms with Crippen molar-refractivity contribution in [3.05, 3.63) is 63.9 Å². The standard InChI is InChI=1S/C20H19ClFNO3S/c1-3-25-18(24)10-17-20(27)23-16-8-7-12(21)9-14(16)19(26-17)13-5-4-6-15(22)11(13)2/h4-9,17,19H,3,10H2,1-2H3,(H,23,27)/t17-,19-/m1/s1. The Morgan fingerprint density at radius 2 is 2.11 bits per heavy atom. The van der Waals surface area contributed by atoms with Crippen LogP contribution in [0.1, 0.15) is 36.1 Å². The lowest BCUT2D eigenvalue weighted by Gasteiger charge is -2.24. The maximum atomic E-state index is 14.2. The SMILES string of the molecule is CCOC(=O)C[C@H]1O[C@H](c2cccc(F)c2C)c2cc(Cl)ccc2NC1=S. The second-order valence-electron chi connectivity index (χ2n) is 6.19. The van der Waals surface area contributed by atoms with Gasteiger partial charge in [-0.3, -0.25) is 4.79 Å². The van der Waals surface area contributed by atoms with E-state index < -0.39 is 18.2 Å². The molecule has 0 unspecified atom stereocenters. The molecule has 0 spiro atoms. The van der Waals surface area contributed by atoms with Crippen LogP contribution in [0.25, 0.3) is 0 Å². The first-order chi connectivity index (χ1) is 12.9. The monoisotopic (exact) mass is 407 g/mol. The third-order valence-electron chi connectivity index (χ3n) is 4.40. The average Bonchev–Trinajstić information content (AvgIpc) is 2.75. The van der Waals surface area contributed by atoms with E-state index in [4.69, 9.17) is 33.3 Å². The van der Waals surface area contributed by atoms with Gasteiger partial charge in [0.25, 0.3) is 0 Å². The molecular formula is C20H19ClFNO3S. The summed E-state index contributed by atoms with van der Waals surface area (Å²) >= 11 is 11.6. The van der Waals surface area contributed by atoms with Crippen molar-refractivity contribution >= 4 is 40.5 Å². The highest BCUT2D eigenvalue weighted by molar-refractivity contribution is 7.80. The van der Waals surface area contributed by atoms with Crippen LogP contribution in [-0.4, -0.2) is 23.7 Å². The van der Waals surface area contributed by atoms with Gasteiger partial charge in [0.1, 0.15) is 23.0 Å². The van der Waals surface area contributed by atoms with Gasteiger partial charge >= 0.3 is 5.97 Å². The molecule has 1 N–H and O–H groups in total. The summed E-state index contributed by atoms with van der Waals surface area (Å²) in [4.78, 5) is 12.4. The van der Waals surface area contributed by atoms with E-state index in [1.54, 1.807) is 44.2 Å². The lowest BCUT2D eigenvalue weighted by atomic mass is 9.96. The van der Waals surface area contributed by atoms with E-state index in [9.17, 15) is 9.18 Å². The van der Waals surface area contributed by atoms with Crippen LogP contribution in [0.5, 0.6) is 0 Å². The van der Waals surface area contributed by atoms with Gasteiger partial charge in [-0.1, -0.05) is 36.0 Å². The van der Waals surface area contributed by atoms with Crippen LogP contribution in [0.4, 0.5) is 10.1 Å². The number of esters is 1. The van der Waals surface area contributed by atoms with Crippen molar-refractivity contribution in [3.63, 3.8) is 0 Å². The topological polar surface area (TPSA) is 47.6 Å². The van der Waals surface area contributed by atoms with Gasteiger partial charge < -0.3 is 14.8 Å². The summed E-state index contributed by atoms with van der Waals surface area (Å²) in [5.41, 5.74) is 2.56. The fraction of sp³-hybridized carbons (Fsp3) is 0.300. The largest absolute Gasteiger partial charge is 0.466 e. The van der Waals surface area contributed by atoms with Crippen molar-refractivity contribution in [2.45, 2.75) is 32.5 Å². The molecule has 4 nitrogen and oxygen atoms in total. The molecule has 0 aliphatic carbocycles. The van der Waals surface area contributed by atoms with E-state index in [2.05, 4.69) is 5.32 Å². The summed E-state index contributed by atoms with van der Waals surface area (Å²) in [5.74, 6) is -0.744. The fourth-order valence-electron chi connectivity index (χ4n) is 3.04. The second kappa shape index (κ2) is 8.33. The van der Waals surface area contributed by atoms with E-state index in [-0.39, 0.29) is 18.8 Å². The number of carbonyl (C=O) groups excluding carboxylic acids is 1. The average molecular weight is 408 g/mol. The molecule has 1 aliphatic rings. The van der Waals surface area contributed by atoms with Gasteiger partial charge in [0, 0.05) is 16.3 Å². The van der Waals surface area contributed by atoms with Crippen LogP contribution in [0.2, 0.25) is 5.02 Å². The van der Waals surface area contributed by atoms with Crippen molar-refractivity contribution in [1.82, 2.24) is 0 Å². The quantitative estimate of drug-likeness (QED) is 0.572. The number of fused-ring (bicyclic) bond motifs is 1. The molecule has 0 bridgehead atoms. The molecule has 142 valence electrons. The van der Waals surface area contributed by atoms with Crippen molar-refractivity contribution in [2.75, 3.05) is 11.9 Å². The van der Waals surface area contributed by atoms with E-state index >= 15 is 0 Å². The van der Waals surface area contributed by atoms with Gasteiger partial charge in [-0.2, -0.15) is 0 Å². The maximum absolute atomic E-state index is 14.2. The zero-order valence-electron chi connectivity index (χ0n) is 14.9. The summed E-state index contributed by atoms with van der Waals surface area (Å²) in [6.45, 7) is 3.70. The minimum atomic E-state index is -0.710. The Labute approximate surface area is 167 Å². The smallest absolute Gasteiger partial charge is 0.308 e. The Morgan fingerprint density at radius 3 is 2.85 bits per heavy atom. The van der Waals surface area contributed by atoms with Crippen molar-refractivity contribution in [1.29, 1.82) is 0 Å². The number of anilines is 1. The molecule has 1 heterocycles. The molecule has 0 amide bonds. The predicted molar refractivity (Wildman–Crippen MR) is 107 cm³/mol. The number of benzene rings is 2. The fourth-order valence-corrected chi connectivity index (χ4v) is 3.47. The summed E-state index contributed by atoms with van der Waals surface area (Å²) < 4.78 is 25.4. The van der Waals surface area contributed by atoms with Gasteiger partial charge in [-0.25, -0.2) is 4.39 Å². The first kappa shape index (κ1) is 19.7. The zero-order chi connectivity index (χ0) is 19.6. The van der Waals surface area contributed by atoms with Crippen LogP contribution >= 0.6 is 23.8 Å². The zero-order valence-corrected chi connectivity index (χ0v) is 16.5. The van der Waals surface area contributed by atoms with Crippen molar-refractivity contribution < 1.29 is 18.7 Å². The highest BCUT2D eigenvalue weighted by Gasteiger charge is 2.32. The summed E-state index contributed by atoms with van der Waals surface area (Å²) in [5, 5.41) is 3.65. The van der Waals surface area contributed by atoms with E-state index in [1.165, 1.54) is 6.07 Å². The number of rotatable bonds is 4. The van der Waals surface area contributed by atoms with Crippen LogP contribution < -0.4 is 5.32 Å². The first-order valence-corrected chi connectivity index (χ1v) is 9.35. The third kappa shape index (κ3) is 4.29. The lowest BCUT2D eigenvalue weighted by molar-refractivity contribution is -0.145. The molecule has 0 radical (unpaired) electrons. The van der Waals surface area contributed by atoms with Gasteiger partial charge in [0.15, 0.2) is 0 Å². The number of nitrogens with one attached hydrogen (secondary N) is 1. The van der Waals surface area contributed by atoms with Crippen LogP contribution in [0.15, 0.2) is 36.4 Å². The van der Waals surface area contributed by atoms with Gasteiger partial charge in [0.05, 0.1) is 13.0 Å². The number of halogens is 2. The van der Waals surface area contributed by atoms with Gasteiger partial charge in [0.2, 0.25) is 0 Å². The van der Waals surface area contributed by atoms with Gasteiger partial charge in [-0.15, -0.1) is 0 Å². The molecule has 2 aromatic rings. The normalized spacial score (nSPS) is 19.0. The van der Waals surface area contributed by atoms with E-state index in [0.717, 1.165) is 5.56 Å². The molecule has 0 saturated carbocycles. The minimum absolute atomic E-state index is 0.0355. The number of hydrogen-bond acceptors (Lipinski definition) is 4. The molecule has 27 heavy (non-hydrogen) atoms. The first-order valence-electron chi connectivity index (χ1n) is 8.57. The number of thiocarbonyl (C=S) groups is 1. The van der Waals surface area contributed by atoms with Crippen LogP contribution in [0, 0.1) is 12.7 Å². The molecule has 0 fully saturated rings. The molecule has 3 rings (SSSR count). The lowest BCUT2D eigenvalue weighted by Crippen LogP contribution is -2.31. The summed E-state index contributed by atoms with van der Waals surface area (Å²) in [6.07, 6.45) is -1.38. The van der Waals surface area contributed by atoms with Crippen LogP contribution in [-0.2, 0) is 14.3 Å². The van der Waals surface area contributed by atoms with Gasteiger partial charge in [-0.05, 0) is 49.2 Å². The Hall–Kier alpha value is -2.02. The highest BCUT2D eigenvalue weighted by Crippen LogP contribution is 2.39. The Bertz CT molecular complexity index is 890. The molecule has 0 saturated heterocycles. The third-order valence-corrected chi connectivity index (χ3v) is 5.00. The van der Waals surface area contributed by atoms with E-state index in [0.29, 0.717) is 26.8 Å². The van der Waals surface area contributed by atoms with Crippen molar-refractivity contribution in [2.24, 2.45) is 0 Å². The number of carbonyl (C=O) groups is 1. The Kier molecular flexibility index (Phi) is 6.09. The minimum Gasteiger partial charge on any atom is -0.466 e. The Balaban J connectivity index is 2.07. The molecule has 2 aromatic carbocycles.